The second kappa shape index (κ2) is 3.99. The van der Waals surface area contributed by atoms with Gasteiger partial charge in [0, 0.05) is 6.08 Å². The fourth-order valence-electron chi connectivity index (χ4n) is 0.188. The lowest BCUT2D eigenvalue weighted by molar-refractivity contribution is -0.114. The Labute approximate surface area is 67.6 Å². The summed E-state index contributed by atoms with van der Waals surface area (Å²) in [5.74, 6) is -0.911. The van der Waals surface area contributed by atoms with E-state index in [1.165, 1.54) is 0 Å². The van der Waals surface area contributed by atoms with E-state index in [2.05, 4.69) is 0 Å². The van der Waals surface area contributed by atoms with Crippen molar-refractivity contribution in [2.75, 3.05) is 0 Å². The number of hydrogen-bond acceptors (Lipinski definition) is 1. The van der Waals surface area contributed by atoms with Crippen molar-refractivity contribution in [2.45, 2.75) is 4.84 Å². The first kappa shape index (κ1) is 9.08. The Morgan fingerprint density at radius 3 is 2.11 bits per heavy atom. The number of allylic oxidation sites excluding steroid dienone is 1. The number of amides is 1. The zero-order valence-electron chi connectivity index (χ0n) is 4.20. The van der Waals surface area contributed by atoms with Crippen LogP contribution in [0.4, 0.5) is 0 Å². The monoisotopic (exact) mass is 186 g/mol. The SMILES string of the molecule is [NH]C(=O)/C=C(\Cl)C(Cl)Cl. The van der Waals surface area contributed by atoms with Gasteiger partial charge in [-0.25, -0.2) is 0 Å². The van der Waals surface area contributed by atoms with E-state index in [4.69, 9.17) is 40.5 Å². The number of carbonyl (C=O) groups is 1. The molecule has 0 saturated heterocycles. The van der Waals surface area contributed by atoms with Crippen LogP contribution in [0.15, 0.2) is 11.1 Å². The van der Waals surface area contributed by atoms with Crippen LogP contribution in [-0.4, -0.2) is 10.7 Å². The van der Waals surface area contributed by atoms with E-state index in [0.717, 1.165) is 6.08 Å². The Morgan fingerprint density at radius 2 is 2.00 bits per heavy atom. The highest BCUT2D eigenvalue weighted by Crippen LogP contribution is 2.17. The normalized spacial score (nSPS) is 12.2. The van der Waals surface area contributed by atoms with Crippen LogP contribution in [0.5, 0.6) is 0 Å². The van der Waals surface area contributed by atoms with Gasteiger partial charge in [0.1, 0.15) is 4.84 Å². The summed E-state index contributed by atoms with van der Waals surface area (Å²) in [6.45, 7) is 0. The molecule has 1 N–H and O–H groups in total. The molecule has 0 saturated carbocycles. The molecular formula is C4H3Cl3NO. The van der Waals surface area contributed by atoms with Crippen molar-refractivity contribution < 1.29 is 4.79 Å². The molecule has 0 atom stereocenters. The zero-order valence-corrected chi connectivity index (χ0v) is 6.46. The second-order valence-corrected chi connectivity index (χ2v) is 2.73. The number of alkyl halides is 2. The molecule has 0 spiro atoms. The third-order valence-corrected chi connectivity index (χ3v) is 1.50. The molecular weight excluding hydrogens is 184 g/mol. The van der Waals surface area contributed by atoms with Gasteiger partial charge in [0.25, 0.3) is 5.91 Å². The molecule has 0 aliphatic rings. The van der Waals surface area contributed by atoms with E-state index in [1.807, 2.05) is 0 Å². The lowest BCUT2D eigenvalue weighted by Gasteiger charge is -1.93. The van der Waals surface area contributed by atoms with Gasteiger partial charge < -0.3 is 0 Å². The van der Waals surface area contributed by atoms with Crippen LogP contribution in [0.2, 0.25) is 0 Å². The predicted molar refractivity (Wildman–Crippen MR) is 37.5 cm³/mol. The maximum atomic E-state index is 9.95. The maximum Gasteiger partial charge on any atom is 0.263 e. The van der Waals surface area contributed by atoms with E-state index in [-0.39, 0.29) is 5.03 Å². The number of halogens is 3. The van der Waals surface area contributed by atoms with E-state index >= 15 is 0 Å². The summed E-state index contributed by atoms with van der Waals surface area (Å²) < 4.78 is 0. The topological polar surface area (TPSA) is 40.9 Å². The first-order valence-corrected chi connectivity index (χ1v) is 3.20. The van der Waals surface area contributed by atoms with Crippen LogP contribution < -0.4 is 5.73 Å². The van der Waals surface area contributed by atoms with Crippen molar-refractivity contribution in [1.82, 2.24) is 5.73 Å². The molecule has 5 heteroatoms. The molecule has 0 fully saturated rings. The summed E-state index contributed by atoms with van der Waals surface area (Å²) in [5, 5.41) is -0.0293. The highest BCUT2D eigenvalue weighted by molar-refractivity contribution is 6.52. The van der Waals surface area contributed by atoms with Gasteiger partial charge in [0.2, 0.25) is 0 Å². The molecule has 0 aromatic rings. The molecule has 2 nitrogen and oxygen atoms in total. The Kier molecular flexibility index (Phi) is 4.02. The minimum Gasteiger partial charge on any atom is -0.268 e. The van der Waals surface area contributed by atoms with Crippen molar-refractivity contribution in [2.24, 2.45) is 0 Å². The van der Waals surface area contributed by atoms with Gasteiger partial charge in [0.05, 0.1) is 5.03 Å². The first-order chi connectivity index (χ1) is 4.04. The van der Waals surface area contributed by atoms with Crippen molar-refractivity contribution in [1.29, 1.82) is 0 Å². The Balaban J connectivity index is 4.00. The van der Waals surface area contributed by atoms with Crippen molar-refractivity contribution in [3.63, 3.8) is 0 Å². The van der Waals surface area contributed by atoms with Crippen LogP contribution in [0, 0.1) is 0 Å². The lowest BCUT2D eigenvalue weighted by Crippen LogP contribution is -1.95. The minimum atomic E-state index is -0.916. The summed E-state index contributed by atoms with van der Waals surface area (Å²) >= 11 is 15.7. The fourth-order valence-corrected chi connectivity index (χ4v) is 0.413. The molecule has 9 heavy (non-hydrogen) atoms. The standard InChI is InChI=1S/C4H3Cl3NO/c5-2(4(6)7)1-3(8)9/h1,4,8H/b2-1-. The molecule has 0 aliphatic carbocycles. The third kappa shape index (κ3) is 4.58. The summed E-state index contributed by atoms with van der Waals surface area (Å²) in [4.78, 5) is 9.03. The second-order valence-electron chi connectivity index (χ2n) is 1.19. The largest absolute Gasteiger partial charge is 0.268 e. The van der Waals surface area contributed by atoms with Crippen LogP contribution >= 0.6 is 34.8 Å². The fraction of sp³-hybridized carbons (Fsp3) is 0.250. The first-order valence-electron chi connectivity index (χ1n) is 1.95. The van der Waals surface area contributed by atoms with Gasteiger partial charge in [-0.15, -0.1) is 0 Å². The minimum absolute atomic E-state index is 0.0293. The lowest BCUT2D eigenvalue weighted by atomic mass is 10.5. The molecule has 0 aliphatic heterocycles. The van der Waals surface area contributed by atoms with Gasteiger partial charge in [-0.3, -0.25) is 10.5 Å². The van der Waals surface area contributed by atoms with Crippen LogP contribution in [0.1, 0.15) is 0 Å². The van der Waals surface area contributed by atoms with Gasteiger partial charge in [0.15, 0.2) is 0 Å². The van der Waals surface area contributed by atoms with Crippen LogP contribution in [0.25, 0.3) is 0 Å². The average Bonchev–Trinajstić information content (AvgIpc) is 1.63. The van der Waals surface area contributed by atoms with Crippen LogP contribution in [0.3, 0.4) is 0 Å². The van der Waals surface area contributed by atoms with E-state index in [0.29, 0.717) is 0 Å². The Hall–Kier alpha value is 0.0800. The molecule has 1 amide bonds. The van der Waals surface area contributed by atoms with E-state index in [9.17, 15) is 4.79 Å². The molecule has 0 rings (SSSR count). The number of carbonyl (C=O) groups excluding carboxylic acids is 1. The maximum absolute atomic E-state index is 9.95. The van der Waals surface area contributed by atoms with Crippen molar-refractivity contribution >= 4 is 40.7 Å². The highest BCUT2D eigenvalue weighted by Gasteiger charge is 2.04. The molecule has 0 aromatic carbocycles. The number of hydrogen-bond donors (Lipinski definition) is 0. The summed E-state index contributed by atoms with van der Waals surface area (Å²) in [5.41, 5.74) is 6.38. The molecule has 1 radical (unpaired) electrons. The summed E-state index contributed by atoms with van der Waals surface area (Å²) in [6.07, 6.45) is 0.853. The van der Waals surface area contributed by atoms with Crippen molar-refractivity contribution in [3.05, 3.63) is 11.1 Å². The van der Waals surface area contributed by atoms with Crippen molar-refractivity contribution in [3.8, 4) is 0 Å². The predicted octanol–water partition coefficient (Wildman–Crippen LogP) is 1.72. The smallest absolute Gasteiger partial charge is 0.263 e. The zero-order chi connectivity index (χ0) is 7.44. The molecule has 0 unspecified atom stereocenters. The van der Waals surface area contributed by atoms with Crippen LogP contribution in [-0.2, 0) is 4.79 Å². The number of rotatable bonds is 2. The molecule has 51 valence electrons. The molecule has 0 bridgehead atoms. The average molecular weight is 187 g/mol. The Bertz CT molecular complexity index is 143. The van der Waals surface area contributed by atoms with Gasteiger partial charge in [-0.05, 0) is 0 Å². The molecule has 0 aromatic heterocycles. The summed E-state index contributed by atoms with van der Waals surface area (Å²) in [7, 11) is 0. The van der Waals surface area contributed by atoms with Gasteiger partial charge in [-0.2, -0.15) is 0 Å². The Morgan fingerprint density at radius 1 is 1.56 bits per heavy atom. The van der Waals surface area contributed by atoms with E-state index in [1.54, 1.807) is 0 Å². The van der Waals surface area contributed by atoms with Gasteiger partial charge >= 0.3 is 0 Å². The highest BCUT2D eigenvalue weighted by atomic mass is 35.5. The quantitative estimate of drug-likeness (QED) is 0.479. The summed E-state index contributed by atoms with van der Waals surface area (Å²) in [6, 6.07) is 0. The van der Waals surface area contributed by atoms with E-state index < -0.39 is 10.7 Å². The number of nitrogens with one attached hydrogen (secondary N) is 1. The van der Waals surface area contributed by atoms with Gasteiger partial charge in [-0.1, -0.05) is 34.8 Å². The molecule has 0 heterocycles. The third-order valence-electron chi connectivity index (χ3n) is 0.477.